The zero-order valence-electron chi connectivity index (χ0n) is 12.3. The fourth-order valence-corrected chi connectivity index (χ4v) is 3.06. The Morgan fingerprint density at radius 3 is 2.18 bits per heavy atom. The highest BCUT2D eigenvalue weighted by atomic mass is 14.9. The third-order valence-electron chi connectivity index (χ3n) is 4.18. The van der Waals surface area contributed by atoms with E-state index >= 15 is 0 Å². The number of hydrogen-bond donors (Lipinski definition) is 1. The third-order valence-corrected chi connectivity index (χ3v) is 4.18. The first kappa shape index (κ1) is 15.0. The maximum atomic E-state index is 3.82. The molecule has 0 bridgehead atoms. The molecule has 0 aromatic rings. The summed E-state index contributed by atoms with van der Waals surface area (Å²) in [7, 11) is 0. The molecule has 0 heterocycles. The molecule has 1 atom stereocenters. The molecule has 17 heavy (non-hydrogen) atoms. The zero-order chi connectivity index (χ0) is 12.5. The molecule has 1 saturated carbocycles. The van der Waals surface area contributed by atoms with Crippen molar-refractivity contribution in [1.29, 1.82) is 0 Å². The van der Waals surface area contributed by atoms with Crippen LogP contribution in [0, 0.1) is 11.8 Å². The first-order valence-corrected chi connectivity index (χ1v) is 7.97. The minimum Gasteiger partial charge on any atom is -0.314 e. The molecular weight excluding hydrogens is 206 g/mol. The summed E-state index contributed by atoms with van der Waals surface area (Å²) in [6, 6.07) is 0.801. The highest BCUT2D eigenvalue weighted by molar-refractivity contribution is 4.78. The third kappa shape index (κ3) is 6.45. The molecule has 1 aliphatic carbocycles. The van der Waals surface area contributed by atoms with E-state index < -0.39 is 0 Å². The maximum Gasteiger partial charge on any atom is 0.00954 e. The molecule has 102 valence electrons. The molecule has 1 nitrogen and oxygen atoms in total. The maximum absolute atomic E-state index is 3.82. The summed E-state index contributed by atoms with van der Waals surface area (Å²) in [5.74, 6) is 1.81. The van der Waals surface area contributed by atoms with Crippen molar-refractivity contribution in [3.05, 3.63) is 0 Å². The van der Waals surface area contributed by atoms with Crippen LogP contribution in [0.15, 0.2) is 0 Å². The first-order chi connectivity index (χ1) is 8.24. The molecule has 0 aliphatic heterocycles. The van der Waals surface area contributed by atoms with Crippen LogP contribution in [-0.4, -0.2) is 12.6 Å². The first-order valence-electron chi connectivity index (χ1n) is 7.97. The van der Waals surface area contributed by atoms with E-state index in [4.69, 9.17) is 0 Å². The Labute approximate surface area is 109 Å². The fourth-order valence-electron chi connectivity index (χ4n) is 3.06. The van der Waals surface area contributed by atoms with Crippen molar-refractivity contribution in [1.82, 2.24) is 5.32 Å². The Hall–Kier alpha value is -0.0400. The van der Waals surface area contributed by atoms with Crippen molar-refractivity contribution in [3.63, 3.8) is 0 Å². The smallest absolute Gasteiger partial charge is 0.00954 e. The van der Waals surface area contributed by atoms with Crippen LogP contribution in [0.5, 0.6) is 0 Å². The van der Waals surface area contributed by atoms with Crippen LogP contribution in [0.25, 0.3) is 0 Å². The summed E-state index contributed by atoms with van der Waals surface area (Å²) in [5.41, 5.74) is 0. The minimum absolute atomic E-state index is 0.801. The quantitative estimate of drug-likeness (QED) is 0.632. The van der Waals surface area contributed by atoms with Crippen molar-refractivity contribution < 1.29 is 0 Å². The van der Waals surface area contributed by atoms with Crippen LogP contribution in [0.1, 0.15) is 78.6 Å². The lowest BCUT2D eigenvalue weighted by atomic mass is 9.87. The van der Waals surface area contributed by atoms with E-state index in [0.717, 1.165) is 17.9 Å². The predicted octanol–water partition coefficient (Wildman–Crippen LogP) is 4.76. The molecule has 1 heteroatoms. The SMILES string of the molecule is CCCNC(CCC(C)C)C1CCCCCC1. The molecular formula is C16H33N. The Balaban J connectivity index is 2.40. The summed E-state index contributed by atoms with van der Waals surface area (Å²) in [6.45, 7) is 8.19. The largest absolute Gasteiger partial charge is 0.314 e. The van der Waals surface area contributed by atoms with Crippen molar-refractivity contribution in [2.24, 2.45) is 11.8 Å². The predicted molar refractivity (Wildman–Crippen MR) is 77.3 cm³/mol. The van der Waals surface area contributed by atoms with Gasteiger partial charge in [-0.25, -0.2) is 0 Å². The Bertz CT molecular complexity index is 168. The van der Waals surface area contributed by atoms with E-state index in [1.165, 1.54) is 64.3 Å². The molecule has 0 saturated heterocycles. The molecule has 0 aromatic carbocycles. The lowest BCUT2D eigenvalue weighted by molar-refractivity contribution is 0.290. The zero-order valence-corrected chi connectivity index (χ0v) is 12.3. The van der Waals surface area contributed by atoms with Gasteiger partial charge in [0.2, 0.25) is 0 Å². The molecule has 1 aliphatic rings. The second-order valence-corrected chi connectivity index (χ2v) is 6.28. The van der Waals surface area contributed by atoms with Gasteiger partial charge in [0.15, 0.2) is 0 Å². The van der Waals surface area contributed by atoms with E-state index in [1.807, 2.05) is 0 Å². The summed E-state index contributed by atoms with van der Waals surface area (Å²) >= 11 is 0. The van der Waals surface area contributed by atoms with Gasteiger partial charge in [-0.3, -0.25) is 0 Å². The standard InChI is InChI=1S/C16H33N/c1-4-13-17-16(12-11-14(2)3)15-9-7-5-6-8-10-15/h14-17H,4-13H2,1-3H3. The Morgan fingerprint density at radius 1 is 1.00 bits per heavy atom. The van der Waals surface area contributed by atoms with Gasteiger partial charge in [0.1, 0.15) is 0 Å². The van der Waals surface area contributed by atoms with Gasteiger partial charge in [-0.2, -0.15) is 0 Å². The fraction of sp³-hybridized carbons (Fsp3) is 1.00. The summed E-state index contributed by atoms with van der Waals surface area (Å²) < 4.78 is 0. The molecule has 1 N–H and O–H groups in total. The molecule has 1 unspecified atom stereocenters. The van der Waals surface area contributed by atoms with E-state index in [1.54, 1.807) is 0 Å². The van der Waals surface area contributed by atoms with Gasteiger partial charge in [0.25, 0.3) is 0 Å². The normalized spacial score (nSPS) is 20.5. The van der Waals surface area contributed by atoms with Crippen LogP contribution in [0.3, 0.4) is 0 Å². The second kappa shape index (κ2) is 8.97. The van der Waals surface area contributed by atoms with Gasteiger partial charge in [0.05, 0.1) is 0 Å². The van der Waals surface area contributed by atoms with Gasteiger partial charge < -0.3 is 5.32 Å². The highest BCUT2D eigenvalue weighted by Gasteiger charge is 2.21. The van der Waals surface area contributed by atoms with Gasteiger partial charge in [-0.15, -0.1) is 0 Å². The van der Waals surface area contributed by atoms with Gasteiger partial charge in [-0.1, -0.05) is 46.5 Å². The van der Waals surface area contributed by atoms with Crippen molar-refractivity contribution in [3.8, 4) is 0 Å². The lowest BCUT2D eigenvalue weighted by Gasteiger charge is -2.28. The molecule has 1 rings (SSSR count). The average Bonchev–Trinajstić information content (AvgIpc) is 2.57. The van der Waals surface area contributed by atoms with Crippen LogP contribution in [0.4, 0.5) is 0 Å². The Morgan fingerprint density at radius 2 is 1.65 bits per heavy atom. The molecule has 0 aromatic heterocycles. The van der Waals surface area contributed by atoms with E-state index in [-0.39, 0.29) is 0 Å². The Kier molecular flexibility index (Phi) is 7.92. The van der Waals surface area contributed by atoms with Gasteiger partial charge in [-0.05, 0) is 50.5 Å². The van der Waals surface area contributed by atoms with Crippen molar-refractivity contribution in [2.45, 2.75) is 84.6 Å². The topological polar surface area (TPSA) is 12.0 Å². The lowest BCUT2D eigenvalue weighted by Crippen LogP contribution is -2.37. The summed E-state index contributed by atoms with van der Waals surface area (Å²) in [6.07, 6.45) is 12.9. The van der Waals surface area contributed by atoms with Gasteiger partial charge in [0, 0.05) is 6.04 Å². The number of rotatable bonds is 7. The van der Waals surface area contributed by atoms with Crippen LogP contribution >= 0.6 is 0 Å². The number of nitrogens with one attached hydrogen (secondary N) is 1. The summed E-state index contributed by atoms with van der Waals surface area (Å²) in [5, 5.41) is 3.82. The number of hydrogen-bond acceptors (Lipinski definition) is 1. The summed E-state index contributed by atoms with van der Waals surface area (Å²) in [4.78, 5) is 0. The van der Waals surface area contributed by atoms with Crippen LogP contribution in [0.2, 0.25) is 0 Å². The molecule has 0 spiro atoms. The average molecular weight is 239 g/mol. The van der Waals surface area contributed by atoms with Crippen molar-refractivity contribution >= 4 is 0 Å². The van der Waals surface area contributed by atoms with Crippen LogP contribution < -0.4 is 5.32 Å². The minimum atomic E-state index is 0.801. The van der Waals surface area contributed by atoms with Crippen molar-refractivity contribution in [2.75, 3.05) is 6.54 Å². The molecule has 0 radical (unpaired) electrons. The molecule has 0 amide bonds. The highest BCUT2D eigenvalue weighted by Crippen LogP contribution is 2.28. The van der Waals surface area contributed by atoms with Crippen LogP contribution in [-0.2, 0) is 0 Å². The van der Waals surface area contributed by atoms with E-state index in [0.29, 0.717) is 0 Å². The monoisotopic (exact) mass is 239 g/mol. The van der Waals surface area contributed by atoms with E-state index in [9.17, 15) is 0 Å². The second-order valence-electron chi connectivity index (χ2n) is 6.28. The van der Waals surface area contributed by atoms with Gasteiger partial charge >= 0.3 is 0 Å². The molecule has 1 fully saturated rings. The van der Waals surface area contributed by atoms with E-state index in [2.05, 4.69) is 26.1 Å².